The van der Waals surface area contributed by atoms with Crippen molar-refractivity contribution in [3.63, 3.8) is 0 Å². The maximum atomic E-state index is 13.2. The van der Waals surface area contributed by atoms with E-state index < -0.39 is 26.5 Å². The van der Waals surface area contributed by atoms with Crippen LogP contribution < -0.4 is 25.4 Å². The number of carbonyl (C=O) groups is 1. The quantitative estimate of drug-likeness (QED) is 0.0862. The predicted molar refractivity (Wildman–Crippen MR) is 159 cm³/mol. The zero-order valence-electron chi connectivity index (χ0n) is 23.1. The van der Waals surface area contributed by atoms with E-state index in [0.29, 0.717) is 34.1 Å². The van der Waals surface area contributed by atoms with Gasteiger partial charge in [-0.3, -0.25) is 14.8 Å². The van der Waals surface area contributed by atoms with Gasteiger partial charge in [0.05, 0.1) is 31.7 Å². The second-order valence-electron chi connectivity index (χ2n) is 9.04. The number of aliphatic hydroxyl groups is 2. The van der Waals surface area contributed by atoms with Crippen molar-refractivity contribution in [2.75, 3.05) is 44.7 Å². The van der Waals surface area contributed by atoms with Crippen molar-refractivity contribution in [1.29, 1.82) is 0 Å². The van der Waals surface area contributed by atoms with Gasteiger partial charge in [0.2, 0.25) is 5.78 Å². The second kappa shape index (κ2) is 13.4. The van der Waals surface area contributed by atoms with E-state index in [1.54, 1.807) is 31.2 Å². The fraction of sp³-hybridized carbons (Fsp3) is 0.214. The number of carbonyl (C=O) groups excluding carboxylic acids is 1. The number of benzene rings is 3. The first-order valence-electron chi connectivity index (χ1n) is 12.7. The van der Waals surface area contributed by atoms with Crippen LogP contribution in [0, 0.1) is 6.92 Å². The van der Waals surface area contributed by atoms with E-state index in [2.05, 4.69) is 20.8 Å². The van der Waals surface area contributed by atoms with Crippen molar-refractivity contribution in [1.82, 2.24) is 0 Å². The zero-order chi connectivity index (χ0) is 31.1. The highest BCUT2D eigenvalue weighted by molar-refractivity contribution is 7.91. The summed E-state index contributed by atoms with van der Waals surface area (Å²) >= 11 is 0. The topological polar surface area (TPSA) is 215 Å². The molecule has 14 nitrogen and oxygen atoms in total. The molecule has 0 atom stereocenters. The van der Waals surface area contributed by atoms with E-state index >= 15 is 0 Å². The fourth-order valence-electron chi connectivity index (χ4n) is 4.02. The third-order valence-electron chi connectivity index (χ3n) is 6.05. The molecule has 43 heavy (non-hydrogen) atoms. The third kappa shape index (κ3) is 7.34. The van der Waals surface area contributed by atoms with Gasteiger partial charge in [0.25, 0.3) is 10.1 Å². The number of aryl methyl sites for hydroxylation is 1. The van der Waals surface area contributed by atoms with E-state index in [9.17, 15) is 22.9 Å². The Bertz CT molecular complexity index is 1740. The number of aliphatic hydroxyl groups excluding tert-OH is 2. The Labute approximate surface area is 246 Å². The summed E-state index contributed by atoms with van der Waals surface area (Å²) in [6.07, 6.45) is 1.11. The number of ether oxygens (including phenoxy) is 3. The first-order chi connectivity index (χ1) is 20.5. The van der Waals surface area contributed by atoms with Crippen molar-refractivity contribution in [2.45, 2.75) is 6.92 Å². The molecular formula is C28H29N5O9S. The number of ketones is 1. The maximum absolute atomic E-state index is 13.2. The highest BCUT2D eigenvalue weighted by atomic mass is 32.2. The van der Waals surface area contributed by atoms with Gasteiger partial charge in [0.1, 0.15) is 41.1 Å². The van der Waals surface area contributed by atoms with Crippen molar-refractivity contribution in [2.24, 2.45) is 15.3 Å². The number of nitrogens with two attached hydrogens (primary N) is 1. The molecule has 0 unspecified atom stereocenters. The van der Waals surface area contributed by atoms with Crippen LogP contribution >= 0.6 is 0 Å². The van der Waals surface area contributed by atoms with Gasteiger partial charge in [-0.15, -0.1) is 5.11 Å². The van der Waals surface area contributed by atoms with E-state index in [4.69, 9.17) is 25.1 Å². The van der Waals surface area contributed by atoms with Gasteiger partial charge in [-0.05, 0) is 60.5 Å². The molecule has 226 valence electrons. The lowest BCUT2D eigenvalue weighted by Crippen LogP contribution is -2.27. The fourth-order valence-corrected chi connectivity index (χ4v) is 4.68. The van der Waals surface area contributed by atoms with Crippen LogP contribution in [0.5, 0.6) is 17.2 Å². The summed E-state index contributed by atoms with van der Waals surface area (Å²) < 4.78 is 50.5. The average Bonchev–Trinajstić information content (AvgIpc) is 2.97. The van der Waals surface area contributed by atoms with Crippen LogP contribution in [0.4, 0.5) is 22.7 Å². The molecule has 0 amide bonds. The minimum atomic E-state index is -4.85. The number of nitrogens with one attached hydrogen (secondary N) is 1. The molecule has 0 aliphatic heterocycles. The van der Waals surface area contributed by atoms with Crippen molar-refractivity contribution < 1.29 is 42.2 Å². The maximum Gasteiger partial charge on any atom is 0.296 e. The number of hydrazone groups is 1. The van der Waals surface area contributed by atoms with E-state index in [-0.39, 0.29) is 49.0 Å². The Kier molecular flexibility index (Phi) is 9.72. The largest absolute Gasteiger partial charge is 0.494 e. The van der Waals surface area contributed by atoms with Crippen molar-refractivity contribution in [3.8, 4) is 17.2 Å². The van der Waals surface area contributed by atoms with Gasteiger partial charge in [-0.1, -0.05) is 0 Å². The van der Waals surface area contributed by atoms with Gasteiger partial charge < -0.3 is 30.2 Å². The molecule has 0 heterocycles. The molecule has 0 spiro atoms. The molecule has 0 fully saturated rings. The number of rotatable bonds is 12. The standard InChI is InChI=1S/C28H29N5O9S/c1-16-11-23(32-33-27-26(43(37,38)39)13-17-12-18(29)3-5-20(17)28(27)36)25(42-10-8-35)15-22(16)31-30-21-6-4-19(41-9-7-34)14-24(21)40-2/h3-6,11-15,32,34-35H,7-10,29H2,1-2H3,(H,37,38,39)/b31-30+,33-27-. The molecule has 1 aliphatic carbocycles. The summed E-state index contributed by atoms with van der Waals surface area (Å²) in [5.74, 6) is 0.270. The lowest BCUT2D eigenvalue weighted by atomic mass is 9.94. The number of nitrogen functional groups attached to an aromatic ring is 1. The van der Waals surface area contributed by atoms with Crippen molar-refractivity contribution >= 4 is 50.4 Å². The lowest BCUT2D eigenvalue weighted by Gasteiger charge is -2.17. The molecule has 0 saturated carbocycles. The normalized spacial score (nSPS) is 14.0. The molecule has 0 saturated heterocycles. The predicted octanol–water partition coefficient (Wildman–Crippen LogP) is 3.64. The minimum absolute atomic E-state index is 0.0993. The molecule has 6 N–H and O–H groups in total. The van der Waals surface area contributed by atoms with Gasteiger partial charge in [0.15, 0.2) is 5.71 Å². The zero-order valence-corrected chi connectivity index (χ0v) is 24.0. The van der Waals surface area contributed by atoms with E-state index in [1.165, 1.54) is 31.4 Å². The molecular weight excluding hydrogens is 582 g/mol. The van der Waals surface area contributed by atoms with Crippen LogP contribution in [0.25, 0.3) is 6.08 Å². The Morgan fingerprint density at radius 3 is 2.35 bits per heavy atom. The summed E-state index contributed by atoms with van der Waals surface area (Å²) in [6, 6.07) is 12.3. The summed E-state index contributed by atoms with van der Waals surface area (Å²) in [7, 11) is -3.38. The third-order valence-corrected chi connectivity index (χ3v) is 6.91. The first kappa shape index (κ1) is 31.1. The number of allylic oxidation sites excluding steroid dienone is 1. The van der Waals surface area contributed by atoms with Crippen LogP contribution in [0.2, 0.25) is 0 Å². The Hall–Kier alpha value is -4.83. The highest BCUT2D eigenvalue weighted by Crippen LogP contribution is 2.37. The van der Waals surface area contributed by atoms with Crippen LogP contribution in [0.1, 0.15) is 21.5 Å². The summed E-state index contributed by atoms with van der Waals surface area (Å²) in [5, 5.41) is 30.9. The smallest absolute Gasteiger partial charge is 0.296 e. The minimum Gasteiger partial charge on any atom is -0.494 e. The molecule has 3 aromatic rings. The average molecular weight is 612 g/mol. The molecule has 3 aromatic carbocycles. The van der Waals surface area contributed by atoms with Crippen LogP contribution in [0.3, 0.4) is 0 Å². The van der Waals surface area contributed by atoms with Gasteiger partial charge in [-0.25, -0.2) is 0 Å². The highest BCUT2D eigenvalue weighted by Gasteiger charge is 2.33. The van der Waals surface area contributed by atoms with Crippen LogP contribution in [-0.4, -0.2) is 68.2 Å². The van der Waals surface area contributed by atoms with Gasteiger partial charge in [0, 0.05) is 23.4 Å². The van der Waals surface area contributed by atoms with Gasteiger partial charge >= 0.3 is 0 Å². The number of anilines is 2. The summed E-state index contributed by atoms with van der Waals surface area (Å²) in [6.45, 7) is 1.29. The number of methoxy groups -OCH3 is 1. The van der Waals surface area contributed by atoms with Crippen LogP contribution in [0.15, 0.2) is 68.8 Å². The van der Waals surface area contributed by atoms with Crippen molar-refractivity contribution in [3.05, 3.63) is 70.1 Å². The SMILES string of the molecule is COc1cc(OCCO)ccc1/N=N/c1cc(OCCO)c(N/N=C2\C(=O)c3ccc(N)cc3C=C2S(=O)(=O)O)cc1C. The van der Waals surface area contributed by atoms with Crippen LogP contribution in [-0.2, 0) is 10.1 Å². The van der Waals surface area contributed by atoms with E-state index in [1.807, 2.05) is 0 Å². The number of fused-ring (bicyclic) bond motifs is 1. The van der Waals surface area contributed by atoms with E-state index in [0.717, 1.165) is 6.08 Å². The first-order valence-corrected chi connectivity index (χ1v) is 14.2. The Morgan fingerprint density at radius 1 is 0.930 bits per heavy atom. The summed E-state index contributed by atoms with van der Waals surface area (Å²) in [4.78, 5) is 12.5. The monoisotopic (exact) mass is 611 g/mol. The van der Waals surface area contributed by atoms with Gasteiger partial charge in [-0.2, -0.15) is 18.6 Å². The molecule has 0 radical (unpaired) electrons. The number of nitrogens with zero attached hydrogens (tertiary/aromatic N) is 3. The Morgan fingerprint density at radius 2 is 1.65 bits per heavy atom. The second-order valence-corrected chi connectivity index (χ2v) is 10.4. The number of hydrogen-bond donors (Lipinski definition) is 5. The molecule has 0 bridgehead atoms. The molecule has 0 aromatic heterocycles. The number of azo groups is 1. The lowest BCUT2D eigenvalue weighted by molar-refractivity contribution is 0.106. The molecule has 4 rings (SSSR count). The molecule has 1 aliphatic rings. The molecule has 15 heteroatoms. The summed E-state index contributed by atoms with van der Waals surface area (Å²) in [5.41, 5.74) is 10.1. The number of hydrogen-bond acceptors (Lipinski definition) is 13. The Balaban J connectivity index is 1.68. The number of Topliss-reactive ketones (excluding diaryl/α,β-unsaturated/α-hetero) is 1.